The van der Waals surface area contributed by atoms with Crippen molar-refractivity contribution in [3.8, 4) is 11.5 Å². The lowest BCUT2D eigenvalue weighted by molar-refractivity contribution is -0.144. The first kappa shape index (κ1) is 47.1. The molecule has 5 rings (SSSR count). The van der Waals surface area contributed by atoms with Gasteiger partial charge in [-0.25, -0.2) is 4.79 Å². The van der Waals surface area contributed by atoms with Crippen molar-refractivity contribution in [2.45, 2.75) is 101 Å². The van der Waals surface area contributed by atoms with Crippen molar-refractivity contribution >= 4 is 52.4 Å². The molecule has 3 aromatic carbocycles. The predicted molar refractivity (Wildman–Crippen MR) is 230 cm³/mol. The van der Waals surface area contributed by atoms with Crippen molar-refractivity contribution in [2.75, 3.05) is 6.54 Å². The molecule has 7 atom stereocenters. The van der Waals surface area contributed by atoms with E-state index in [0.717, 1.165) is 16.5 Å². The smallest absolute Gasteiger partial charge is 0.326 e. The number of aromatic nitrogens is 1. The molecule has 4 aromatic rings. The molecule has 0 radical (unpaired) electrons. The Labute approximate surface area is 363 Å². The molecular formula is C45H55N7O11. The molecule has 11 N–H and O–H groups in total. The Morgan fingerprint density at radius 2 is 1.35 bits per heavy atom. The highest BCUT2D eigenvalue weighted by atomic mass is 16.4. The number of para-hydroxylation sites is 1. The van der Waals surface area contributed by atoms with Crippen LogP contribution in [0.1, 0.15) is 62.6 Å². The van der Waals surface area contributed by atoms with Gasteiger partial charge in [-0.15, -0.1) is 0 Å². The molecule has 18 heteroatoms. The first-order chi connectivity index (χ1) is 30.0. The topological polar surface area (TPSA) is 294 Å². The zero-order valence-corrected chi connectivity index (χ0v) is 35.1. The lowest BCUT2D eigenvalue weighted by Gasteiger charge is -2.32. The number of fused-ring (bicyclic) bond motifs is 1. The van der Waals surface area contributed by atoms with Gasteiger partial charge in [-0.2, -0.15) is 0 Å². The zero-order valence-electron chi connectivity index (χ0n) is 35.1. The number of carbonyl (C=O) groups is 7. The van der Waals surface area contributed by atoms with Gasteiger partial charge in [0, 0.05) is 42.9 Å². The minimum Gasteiger partial charge on any atom is -0.508 e. The summed E-state index contributed by atoms with van der Waals surface area (Å²) >= 11 is 0. The molecule has 0 aliphatic carbocycles. The zero-order chi connectivity index (χ0) is 45.8. The number of nitrogens with zero attached hydrogens (tertiary/aromatic N) is 1. The molecule has 1 fully saturated rings. The Morgan fingerprint density at radius 3 is 1.95 bits per heavy atom. The number of aliphatic carboxylic acids is 2. The van der Waals surface area contributed by atoms with E-state index >= 15 is 0 Å². The van der Waals surface area contributed by atoms with Crippen LogP contribution in [0.15, 0.2) is 79.0 Å². The van der Waals surface area contributed by atoms with E-state index in [-0.39, 0.29) is 50.1 Å². The fourth-order valence-electron chi connectivity index (χ4n) is 7.57. The van der Waals surface area contributed by atoms with Crippen molar-refractivity contribution in [1.82, 2.24) is 31.2 Å². The van der Waals surface area contributed by atoms with E-state index < -0.39 is 90.1 Å². The summed E-state index contributed by atoms with van der Waals surface area (Å²) in [6.45, 7) is 3.57. The Hall–Kier alpha value is -6.95. The number of carbonyl (C=O) groups excluding carboxylic acids is 5. The Kier molecular flexibility index (Phi) is 16.2. The summed E-state index contributed by atoms with van der Waals surface area (Å²) in [6.07, 6.45) is 1.75. The lowest BCUT2D eigenvalue weighted by atomic mass is 9.96. The number of phenols is 2. The second-order valence-electron chi connectivity index (χ2n) is 15.9. The number of H-pyrrole nitrogens is 1. The van der Waals surface area contributed by atoms with Crippen LogP contribution in [-0.2, 0) is 52.8 Å². The van der Waals surface area contributed by atoms with Crippen molar-refractivity contribution in [3.05, 3.63) is 95.7 Å². The van der Waals surface area contributed by atoms with Crippen LogP contribution in [0.3, 0.4) is 0 Å². The summed E-state index contributed by atoms with van der Waals surface area (Å²) in [5.74, 6) is -6.77. The van der Waals surface area contributed by atoms with Gasteiger partial charge in [-0.1, -0.05) is 62.7 Å². The maximum atomic E-state index is 14.3. The fourth-order valence-corrected chi connectivity index (χ4v) is 7.57. The van der Waals surface area contributed by atoms with Gasteiger partial charge in [0.2, 0.25) is 29.5 Å². The van der Waals surface area contributed by atoms with Gasteiger partial charge in [0.05, 0.1) is 6.04 Å². The van der Waals surface area contributed by atoms with E-state index in [1.807, 2.05) is 24.3 Å². The van der Waals surface area contributed by atoms with Crippen LogP contribution in [0.25, 0.3) is 10.9 Å². The minimum absolute atomic E-state index is 0.0124. The van der Waals surface area contributed by atoms with Crippen LogP contribution >= 0.6 is 0 Å². The molecular weight excluding hydrogens is 815 g/mol. The van der Waals surface area contributed by atoms with Crippen molar-refractivity contribution < 1.29 is 54.0 Å². The van der Waals surface area contributed by atoms with E-state index in [1.165, 1.54) is 41.3 Å². The average molecular weight is 870 g/mol. The molecule has 1 aromatic heterocycles. The van der Waals surface area contributed by atoms with Crippen LogP contribution in [0, 0.1) is 5.92 Å². The second-order valence-corrected chi connectivity index (χ2v) is 15.9. The number of nitrogens with two attached hydrogens (primary N) is 1. The Morgan fingerprint density at radius 1 is 0.762 bits per heavy atom. The highest BCUT2D eigenvalue weighted by Gasteiger charge is 2.41. The van der Waals surface area contributed by atoms with E-state index in [0.29, 0.717) is 24.0 Å². The number of rotatable bonds is 21. The summed E-state index contributed by atoms with van der Waals surface area (Å²) < 4.78 is 0. The number of phenolic OH excluding ortho intramolecular Hbond substituents is 2. The maximum absolute atomic E-state index is 14.3. The molecule has 1 aliphatic heterocycles. The van der Waals surface area contributed by atoms with Crippen LogP contribution < -0.4 is 27.0 Å². The third-order valence-electron chi connectivity index (χ3n) is 11.3. The molecule has 63 heavy (non-hydrogen) atoms. The predicted octanol–water partition coefficient (Wildman–Crippen LogP) is 1.86. The average Bonchev–Trinajstić information content (AvgIpc) is 3.92. The quantitative estimate of drug-likeness (QED) is 0.0574. The molecule has 1 aliphatic rings. The van der Waals surface area contributed by atoms with Crippen molar-refractivity contribution in [2.24, 2.45) is 11.7 Å². The van der Waals surface area contributed by atoms with Crippen LogP contribution in [0.4, 0.5) is 0 Å². The van der Waals surface area contributed by atoms with Crippen LogP contribution in [0.5, 0.6) is 11.5 Å². The van der Waals surface area contributed by atoms with Gasteiger partial charge >= 0.3 is 11.9 Å². The first-order valence-corrected chi connectivity index (χ1v) is 20.9. The van der Waals surface area contributed by atoms with Gasteiger partial charge in [-0.05, 0) is 78.6 Å². The summed E-state index contributed by atoms with van der Waals surface area (Å²) in [5.41, 5.74) is 9.07. The lowest BCUT2D eigenvalue weighted by Crippen LogP contribution is -2.60. The summed E-state index contributed by atoms with van der Waals surface area (Å²) in [5, 5.41) is 50.4. The summed E-state index contributed by atoms with van der Waals surface area (Å²) in [6, 6.07) is 11.7. The molecule has 18 nitrogen and oxygen atoms in total. The molecule has 2 heterocycles. The standard InChI is InChI=1S/C45H55N7O11/c1-3-25(2)39(43(60)50-36(45(62)63)22-27-12-16-30(54)17-13-27)51-42(59)37-9-6-20-52(37)44(61)34(18-19-38(55)56)48-41(58)35(21-26-10-14-29(53)15-11-26)49-40(57)32(46)23-28-24-47-33-8-5-4-7-31(28)33/h4-5,7-8,10-17,24-25,32,34-37,39,47,53-54H,3,6,9,18-23,46H2,1-2H3,(H,48,58)(H,49,57)(H,50,60)(H,51,59)(H,55,56)(H,62,63). The first-order valence-electron chi connectivity index (χ1n) is 20.9. The fraction of sp³-hybridized carbons (Fsp3) is 0.400. The van der Waals surface area contributed by atoms with Gasteiger partial charge in [0.1, 0.15) is 41.7 Å². The number of hydrogen-bond acceptors (Lipinski definition) is 10. The number of carboxylic acids is 2. The van der Waals surface area contributed by atoms with E-state index in [2.05, 4.69) is 26.3 Å². The third-order valence-corrected chi connectivity index (χ3v) is 11.3. The summed E-state index contributed by atoms with van der Waals surface area (Å²) in [4.78, 5) is 98.0. The number of benzene rings is 3. The molecule has 1 saturated heterocycles. The Balaban J connectivity index is 1.31. The van der Waals surface area contributed by atoms with Crippen LogP contribution in [-0.4, -0.2) is 115 Å². The van der Waals surface area contributed by atoms with E-state index in [1.54, 1.807) is 32.2 Å². The summed E-state index contributed by atoms with van der Waals surface area (Å²) in [7, 11) is 0. The van der Waals surface area contributed by atoms with Crippen molar-refractivity contribution in [1.29, 1.82) is 0 Å². The monoisotopic (exact) mass is 869 g/mol. The molecule has 0 bridgehead atoms. The number of aromatic hydroxyl groups is 2. The minimum atomic E-state index is -1.45. The third kappa shape index (κ3) is 12.8. The highest BCUT2D eigenvalue weighted by molar-refractivity contribution is 5.97. The largest absolute Gasteiger partial charge is 0.508 e. The van der Waals surface area contributed by atoms with Gasteiger partial charge < -0.3 is 57.3 Å². The molecule has 0 spiro atoms. The number of likely N-dealkylation sites (tertiary alicyclic amines) is 1. The maximum Gasteiger partial charge on any atom is 0.326 e. The van der Waals surface area contributed by atoms with Gasteiger partial charge in [-0.3, -0.25) is 28.8 Å². The van der Waals surface area contributed by atoms with E-state index in [9.17, 15) is 54.0 Å². The van der Waals surface area contributed by atoms with Crippen molar-refractivity contribution in [3.63, 3.8) is 0 Å². The molecule has 5 amide bonds. The molecule has 7 unspecified atom stereocenters. The van der Waals surface area contributed by atoms with Gasteiger partial charge in [0.25, 0.3) is 0 Å². The number of carboxylic acid groups (broad SMARTS) is 2. The Bertz CT molecular complexity index is 2260. The van der Waals surface area contributed by atoms with Gasteiger partial charge in [0.15, 0.2) is 0 Å². The number of nitrogens with one attached hydrogen (secondary N) is 5. The number of aromatic amines is 1. The van der Waals surface area contributed by atoms with E-state index in [4.69, 9.17) is 5.73 Å². The number of amides is 5. The second kappa shape index (κ2) is 21.7. The normalized spacial score (nSPS) is 16.5. The number of hydrogen-bond donors (Lipinski definition) is 10. The highest BCUT2D eigenvalue weighted by Crippen LogP contribution is 2.23. The van der Waals surface area contributed by atoms with Crippen LogP contribution in [0.2, 0.25) is 0 Å². The SMILES string of the molecule is CCC(C)C(NC(=O)C1CCCN1C(=O)C(CCC(=O)O)NC(=O)C(Cc1ccc(O)cc1)NC(=O)C(N)Cc1c[nH]c2ccccc12)C(=O)NC(Cc1ccc(O)cc1)C(=O)O. The molecule has 0 saturated carbocycles. The molecule has 336 valence electrons.